The van der Waals surface area contributed by atoms with E-state index in [4.69, 9.17) is 0 Å². The number of hydrogen-bond donors (Lipinski definition) is 1. The lowest BCUT2D eigenvalue weighted by Crippen LogP contribution is -1.84. The molecule has 84 valence electrons. The summed E-state index contributed by atoms with van der Waals surface area (Å²) in [5.41, 5.74) is 2.02. The lowest BCUT2D eigenvalue weighted by molar-refractivity contribution is 0.935. The van der Waals surface area contributed by atoms with Crippen molar-refractivity contribution in [3.63, 3.8) is 0 Å². The number of aromatic nitrogens is 5. The van der Waals surface area contributed by atoms with Gasteiger partial charge in [-0.15, -0.1) is 0 Å². The quantitative estimate of drug-likeness (QED) is 0.725. The fourth-order valence-electron chi connectivity index (χ4n) is 2.04. The highest BCUT2D eigenvalue weighted by Gasteiger charge is 2.27. The molecule has 17 heavy (non-hydrogen) atoms. The van der Waals surface area contributed by atoms with E-state index in [0.717, 1.165) is 22.7 Å². The third kappa shape index (κ3) is 1.35. The minimum atomic E-state index is 0.595. The normalized spacial score (nSPS) is 15.5. The first kappa shape index (κ1) is 8.92. The highest BCUT2D eigenvalue weighted by Crippen LogP contribution is 2.38. The molecule has 0 unspecified atom stereocenters. The zero-order chi connectivity index (χ0) is 11.2. The Kier molecular flexibility index (Phi) is 1.66. The van der Waals surface area contributed by atoms with Crippen LogP contribution in [0.4, 0.5) is 0 Å². The van der Waals surface area contributed by atoms with Gasteiger partial charge >= 0.3 is 0 Å². The van der Waals surface area contributed by atoms with Crippen LogP contribution in [-0.2, 0) is 0 Å². The second kappa shape index (κ2) is 3.16. The van der Waals surface area contributed by atoms with Crippen molar-refractivity contribution in [3.05, 3.63) is 36.4 Å². The summed E-state index contributed by atoms with van der Waals surface area (Å²) in [6, 6.07) is 5.97. The van der Waals surface area contributed by atoms with Gasteiger partial charge in [-0.05, 0) is 25.0 Å². The molecule has 0 radical (unpaired) electrons. The maximum Gasteiger partial charge on any atom is 0.184 e. The first-order chi connectivity index (χ1) is 8.42. The van der Waals surface area contributed by atoms with E-state index in [1.165, 1.54) is 12.8 Å². The first-order valence-electron chi connectivity index (χ1n) is 5.77. The summed E-state index contributed by atoms with van der Waals surface area (Å²) in [5, 5.41) is 11.6. The summed E-state index contributed by atoms with van der Waals surface area (Å²) in [6.45, 7) is 0. The molecule has 1 N–H and O–H groups in total. The summed E-state index contributed by atoms with van der Waals surface area (Å²) in [7, 11) is 0. The summed E-state index contributed by atoms with van der Waals surface area (Å²) in [4.78, 5) is 4.54. The van der Waals surface area contributed by atoms with E-state index >= 15 is 0 Å². The minimum absolute atomic E-state index is 0.595. The number of aromatic amines is 1. The molecule has 5 heteroatoms. The monoisotopic (exact) mass is 225 g/mol. The molecule has 0 bridgehead atoms. The van der Waals surface area contributed by atoms with Gasteiger partial charge in [0.2, 0.25) is 0 Å². The molecule has 1 aliphatic carbocycles. The third-order valence-electron chi connectivity index (χ3n) is 3.13. The fraction of sp³-hybridized carbons (Fsp3) is 0.250. The number of pyridine rings is 1. The SMILES string of the molecule is c1ccn2ncc(-c3n[nH]c(C4CC4)n3)c2c1. The number of nitrogens with one attached hydrogen (secondary N) is 1. The van der Waals surface area contributed by atoms with Crippen molar-refractivity contribution < 1.29 is 0 Å². The summed E-state index contributed by atoms with van der Waals surface area (Å²) >= 11 is 0. The lowest BCUT2D eigenvalue weighted by Gasteiger charge is -1.92. The van der Waals surface area contributed by atoms with Gasteiger partial charge in [-0.25, -0.2) is 9.50 Å². The number of hydrogen-bond acceptors (Lipinski definition) is 3. The zero-order valence-corrected chi connectivity index (χ0v) is 9.17. The molecule has 0 spiro atoms. The maximum atomic E-state index is 4.54. The highest BCUT2D eigenvalue weighted by atomic mass is 15.2. The van der Waals surface area contributed by atoms with Crippen molar-refractivity contribution in [2.24, 2.45) is 0 Å². The lowest BCUT2D eigenvalue weighted by atomic mass is 10.2. The van der Waals surface area contributed by atoms with Crippen LogP contribution in [0.25, 0.3) is 16.9 Å². The standard InChI is InChI=1S/C12H11N5/c1-2-6-17-10(3-1)9(7-13-17)12-14-11(15-16-12)8-4-5-8/h1-3,6-8H,4-5H2,(H,14,15,16). The molecule has 3 aromatic heterocycles. The molecule has 0 aliphatic heterocycles. The molecule has 3 heterocycles. The molecule has 1 saturated carbocycles. The van der Waals surface area contributed by atoms with Crippen LogP contribution >= 0.6 is 0 Å². The molecule has 0 aromatic carbocycles. The van der Waals surface area contributed by atoms with E-state index in [1.54, 1.807) is 0 Å². The molecule has 1 aliphatic rings. The van der Waals surface area contributed by atoms with Crippen molar-refractivity contribution in [2.75, 3.05) is 0 Å². The van der Waals surface area contributed by atoms with Gasteiger partial charge in [-0.2, -0.15) is 10.2 Å². The predicted molar refractivity (Wildman–Crippen MR) is 62.5 cm³/mol. The van der Waals surface area contributed by atoms with Gasteiger partial charge in [0.05, 0.1) is 17.3 Å². The smallest absolute Gasteiger partial charge is 0.184 e. The molecule has 0 amide bonds. The van der Waals surface area contributed by atoms with Gasteiger partial charge in [0.1, 0.15) is 5.82 Å². The molecule has 5 nitrogen and oxygen atoms in total. The fourth-order valence-corrected chi connectivity index (χ4v) is 2.04. The topological polar surface area (TPSA) is 58.9 Å². The van der Waals surface area contributed by atoms with E-state index < -0.39 is 0 Å². The number of fused-ring (bicyclic) bond motifs is 1. The molecule has 0 atom stereocenters. The molecular weight excluding hydrogens is 214 g/mol. The predicted octanol–water partition coefficient (Wildman–Crippen LogP) is 2.00. The highest BCUT2D eigenvalue weighted by molar-refractivity contribution is 5.75. The van der Waals surface area contributed by atoms with Crippen LogP contribution in [0.1, 0.15) is 24.6 Å². The van der Waals surface area contributed by atoms with Crippen LogP contribution in [0, 0.1) is 0 Å². The van der Waals surface area contributed by atoms with Gasteiger partial charge in [0.25, 0.3) is 0 Å². The van der Waals surface area contributed by atoms with Gasteiger partial charge in [-0.1, -0.05) is 6.07 Å². The van der Waals surface area contributed by atoms with Crippen LogP contribution in [-0.4, -0.2) is 24.8 Å². The Morgan fingerprint density at radius 2 is 2.24 bits per heavy atom. The van der Waals surface area contributed by atoms with Crippen molar-refractivity contribution in [2.45, 2.75) is 18.8 Å². The minimum Gasteiger partial charge on any atom is -0.262 e. The van der Waals surface area contributed by atoms with Crippen molar-refractivity contribution in [1.82, 2.24) is 24.8 Å². The van der Waals surface area contributed by atoms with Gasteiger partial charge in [0, 0.05) is 12.1 Å². The molecule has 3 aromatic rings. The van der Waals surface area contributed by atoms with Gasteiger partial charge < -0.3 is 0 Å². The van der Waals surface area contributed by atoms with Crippen LogP contribution in [0.2, 0.25) is 0 Å². The number of nitrogens with zero attached hydrogens (tertiary/aromatic N) is 4. The van der Waals surface area contributed by atoms with Crippen LogP contribution in [0.15, 0.2) is 30.6 Å². The van der Waals surface area contributed by atoms with E-state index in [9.17, 15) is 0 Å². The maximum absolute atomic E-state index is 4.54. The Balaban J connectivity index is 1.86. The third-order valence-corrected chi connectivity index (χ3v) is 3.13. The van der Waals surface area contributed by atoms with E-state index in [1.807, 2.05) is 35.1 Å². The summed E-state index contributed by atoms with van der Waals surface area (Å²) < 4.78 is 1.84. The van der Waals surface area contributed by atoms with Crippen LogP contribution in [0.3, 0.4) is 0 Å². The first-order valence-corrected chi connectivity index (χ1v) is 5.77. The zero-order valence-electron chi connectivity index (χ0n) is 9.17. The second-order valence-electron chi connectivity index (χ2n) is 4.41. The van der Waals surface area contributed by atoms with Gasteiger partial charge in [0.15, 0.2) is 5.82 Å². The Hall–Kier alpha value is -2.17. The average molecular weight is 225 g/mol. The Morgan fingerprint density at radius 3 is 3.12 bits per heavy atom. The summed E-state index contributed by atoms with van der Waals surface area (Å²) in [6.07, 6.45) is 6.19. The van der Waals surface area contributed by atoms with Crippen LogP contribution < -0.4 is 0 Å². The number of rotatable bonds is 2. The Labute approximate surface area is 97.5 Å². The van der Waals surface area contributed by atoms with Crippen LogP contribution in [0.5, 0.6) is 0 Å². The molecule has 1 fully saturated rings. The summed E-state index contributed by atoms with van der Waals surface area (Å²) in [5.74, 6) is 2.35. The molecule has 0 saturated heterocycles. The van der Waals surface area contributed by atoms with Gasteiger partial charge in [-0.3, -0.25) is 5.10 Å². The molecule has 4 rings (SSSR count). The second-order valence-corrected chi connectivity index (χ2v) is 4.41. The van der Waals surface area contributed by atoms with Crippen molar-refractivity contribution in [3.8, 4) is 11.4 Å². The van der Waals surface area contributed by atoms with Crippen molar-refractivity contribution >= 4 is 5.52 Å². The van der Waals surface area contributed by atoms with E-state index in [-0.39, 0.29) is 0 Å². The van der Waals surface area contributed by atoms with E-state index in [2.05, 4.69) is 20.3 Å². The van der Waals surface area contributed by atoms with Crippen molar-refractivity contribution in [1.29, 1.82) is 0 Å². The number of H-pyrrole nitrogens is 1. The largest absolute Gasteiger partial charge is 0.262 e. The molecular formula is C12H11N5. The van der Waals surface area contributed by atoms with E-state index in [0.29, 0.717) is 5.92 Å². The Bertz CT molecular complexity index is 677. The Morgan fingerprint density at radius 1 is 1.29 bits per heavy atom. The average Bonchev–Trinajstić information content (AvgIpc) is 2.95.